The highest BCUT2D eigenvalue weighted by Gasteiger charge is 2.31. The van der Waals surface area contributed by atoms with Crippen LogP contribution >= 0.6 is 0 Å². The fraction of sp³-hybridized carbons (Fsp3) is 0.690. The van der Waals surface area contributed by atoms with Crippen LogP contribution in [-0.4, -0.2) is 80.6 Å². The molecule has 2 atom stereocenters. The summed E-state index contributed by atoms with van der Waals surface area (Å²) >= 11 is 0. The van der Waals surface area contributed by atoms with E-state index in [1.54, 1.807) is 0 Å². The van der Waals surface area contributed by atoms with Gasteiger partial charge in [-0.2, -0.15) is 0 Å². The van der Waals surface area contributed by atoms with Crippen molar-refractivity contribution in [3.63, 3.8) is 0 Å². The third-order valence-electron chi connectivity index (χ3n) is 8.25. The summed E-state index contributed by atoms with van der Waals surface area (Å²) in [6.07, 6.45) is 38.4. The van der Waals surface area contributed by atoms with Crippen molar-refractivity contribution in [3.8, 4) is 0 Å². The fourth-order valence-electron chi connectivity index (χ4n) is 5.21. The summed E-state index contributed by atoms with van der Waals surface area (Å²) in [5.41, 5.74) is 0. The molecule has 0 aliphatic carbocycles. The number of esters is 2. The second kappa shape index (κ2) is 33.2. The summed E-state index contributed by atoms with van der Waals surface area (Å²) in [5.74, 6) is -1.55. The molecule has 0 aromatic carbocycles. The lowest BCUT2D eigenvalue weighted by molar-refractivity contribution is -0.887. The minimum Gasteiger partial charge on any atom is -0.477 e. The van der Waals surface area contributed by atoms with Gasteiger partial charge in [-0.3, -0.25) is 9.59 Å². The Bertz CT molecular complexity index is 1010. The average molecular weight is 703 g/mol. The molecule has 0 rings (SSSR count). The molecule has 2 unspecified atom stereocenters. The largest absolute Gasteiger partial charge is 0.477 e. The third-order valence-corrected chi connectivity index (χ3v) is 8.25. The number of carbonyl (C=O) groups is 3. The SMILES string of the molecule is CC/C=C/C=C/C=C/C=C/CCCCCC(=O)OCC(COCCC(C(=O)O)[N+](C)(C)C)OC(=O)CCCCC/C=C/CCCCCCCC. The first-order chi connectivity index (χ1) is 24.1. The number of carboxylic acid groups (broad SMARTS) is 1. The number of hydrogen-bond acceptors (Lipinski definition) is 6. The fourth-order valence-corrected chi connectivity index (χ4v) is 5.21. The zero-order valence-corrected chi connectivity index (χ0v) is 32.3. The van der Waals surface area contributed by atoms with Gasteiger partial charge in [0.1, 0.15) is 6.61 Å². The number of allylic oxidation sites excluding steroid dienone is 10. The topological polar surface area (TPSA) is 99.1 Å². The van der Waals surface area contributed by atoms with Crippen molar-refractivity contribution in [2.24, 2.45) is 0 Å². The second-order valence-corrected chi connectivity index (χ2v) is 13.9. The lowest BCUT2D eigenvalue weighted by atomic mass is 10.1. The number of aliphatic carboxylic acids is 1. The van der Waals surface area contributed by atoms with Gasteiger partial charge in [-0.05, 0) is 57.8 Å². The Labute approximate surface area is 305 Å². The molecule has 286 valence electrons. The van der Waals surface area contributed by atoms with Crippen molar-refractivity contribution in [3.05, 3.63) is 60.8 Å². The Hall–Kier alpha value is -2.97. The maximum atomic E-state index is 12.6. The highest BCUT2D eigenvalue weighted by atomic mass is 16.6. The van der Waals surface area contributed by atoms with Gasteiger partial charge in [0, 0.05) is 19.3 Å². The molecule has 0 saturated carbocycles. The molecular formula is C42H72NO7+. The minimum atomic E-state index is -0.886. The van der Waals surface area contributed by atoms with E-state index in [4.69, 9.17) is 14.2 Å². The van der Waals surface area contributed by atoms with Gasteiger partial charge < -0.3 is 23.8 Å². The Balaban J connectivity index is 4.53. The van der Waals surface area contributed by atoms with Crippen molar-refractivity contribution in [2.75, 3.05) is 41.0 Å². The van der Waals surface area contributed by atoms with Crippen LogP contribution in [0.3, 0.4) is 0 Å². The van der Waals surface area contributed by atoms with Crippen LogP contribution in [0.1, 0.15) is 136 Å². The number of nitrogens with zero attached hydrogens (tertiary/aromatic N) is 1. The highest BCUT2D eigenvalue weighted by molar-refractivity contribution is 5.72. The molecule has 0 radical (unpaired) electrons. The summed E-state index contributed by atoms with van der Waals surface area (Å²) in [6, 6.07) is -0.624. The van der Waals surface area contributed by atoms with E-state index in [1.807, 2.05) is 57.6 Å². The van der Waals surface area contributed by atoms with Gasteiger partial charge >= 0.3 is 17.9 Å². The van der Waals surface area contributed by atoms with Crippen LogP contribution in [0.5, 0.6) is 0 Å². The molecular weight excluding hydrogens is 630 g/mol. The number of carboxylic acids is 1. The smallest absolute Gasteiger partial charge is 0.362 e. The van der Waals surface area contributed by atoms with Gasteiger partial charge in [-0.15, -0.1) is 0 Å². The normalized spacial score (nSPS) is 13.7. The summed E-state index contributed by atoms with van der Waals surface area (Å²) < 4.78 is 17.1. The molecule has 0 aromatic rings. The van der Waals surface area contributed by atoms with Gasteiger partial charge in [0.15, 0.2) is 12.1 Å². The molecule has 0 saturated heterocycles. The van der Waals surface area contributed by atoms with Crippen molar-refractivity contribution < 1.29 is 38.2 Å². The van der Waals surface area contributed by atoms with Crippen LogP contribution in [0.2, 0.25) is 0 Å². The molecule has 0 aliphatic rings. The van der Waals surface area contributed by atoms with Crippen molar-refractivity contribution in [2.45, 2.75) is 148 Å². The van der Waals surface area contributed by atoms with E-state index in [1.165, 1.54) is 38.5 Å². The number of carbonyl (C=O) groups excluding carboxylic acids is 2. The van der Waals surface area contributed by atoms with E-state index in [0.29, 0.717) is 19.3 Å². The number of rotatable bonds is 33. The zero-order chi connectivity index (χ0) is 37.1. The maximum Gasteiger partial charge on any atom is 0.362 e. The minimum absolute atomic E-state index is 0.0396. The molecule has 0 heterocycles. The number of unbranched alkanes of at least 4 members (excludes halogenated alkanes) is 12. The Morgan fingerprint density at radius 1 is 0.620 bits per heavy atom. The van der Waals surface area contributed by atoms with E-state index in [9.17, 15) is 19.5 Å². The van der Waals surface area contributed by atoms with Crippen LogP contribution in [-0.2, 0) is 28.6 Å². The number of hydrogen-bond donors (Lipinski definition) is 1. The molecule has 8 nitrogen and oxygen atoms in total. The Morgan fingerprint density at radius 2 is 1.14 bits per heavy atom. The maximum absolute atomic E-state index is 12.6. The van der Waals surface area contributed by atoms with E-state index in [-0.39, 0.29) is 36.2 Å². The standard InChI is InChI=1S/C42H71NO7/c1-6-8-10-12-14-16-18-20-22-24-26-28-30-32-40(44)49-37-38(36-48-35-34-39(42(46)47)43(3,4)5)50-41(45)33-31-29-27-25-23-21-19-17-15-13-11-9-7-2/h8,10,12,14,16,18,20-23,38-39H,6-7,9,11,13,15,17,19,24-37H2,1-5H3/p+1/b10-8+,14-12+,18-16+,22-20+,23-21+. The third kappa shape index (κ3) is 31.0. The lowest BCUT2D eigenvalue weighted by Crippen LogP contribution is -2.50. The quantitative estimate of drug-likeness (QED) is 0.0239. The summed E-state index contributed by atoms with van der Waals surface area (Å²) in [4.78, 5) is 36.8. The van der Waals surface area contributed by atoms with Crippen LogP contribution in [0.4, 0.5) is 0 Å². The van der Waals surface area contributed by atoms with Gasteiger partial charge in [0.05, 0.1) is 34.4 Å². The predicted octanol–water partition coefficient (Wildman–Crippen LogP) is 9.85. The van der Waals surface area contributed by atoms with Gasteiger partial charge in [0.25, 0.3) is 0 Å². The first-order valence-corrected chi connectivity index (χ1v) is 19.4. The first kappa shape index (κ1) is 47.0. The number of quaternary nitrogens is 1. The summed E-state index contributed by atoms with van der Waals surface area (Å²) in [7, 11) is 5.49. The molecule has 0 aliphatic heterocycles. The van der Waals surface area contributed by atoms with E-state index >= 15 is 0 Å². The molecule has 0 bridgehead atoms. The highest BCUT2D eigenvalue weighted by Crippen LogP contribution is 2.12. The molecule has 0 spiro atoms. The first-order valence-electron chi connectivity index (χ1n) is 19.4. The van der Waals surface area contributed by atoms with Crippen LogP contribution in [0, 0.1) is 0 Å². The van der Waals surface area contributed by atoms with E-state index < -0.39 is 18.1 Å². The monoisotopic (exact) mass is 703 g/mol. The van der Waals surface area contributed by atoms with Crippen LogP contribution in [0.25, 0.3) is 0 Å². The lowest BCUT2D eigenvalue weighted by Gasteiger charge is -2.31. The molecule has 0 amide bonds. The van der Waals surface area contributed by atoms with Crippen molar-refractivity contribution >= 4 is 17.9 Å². The predicted molar refractivity (Wildman–Crippen MR) is 206 cm³/mol. The Morgan fingerprint density at radius 3 is 1.72 bits per heavy atom. The summed E-state index contributed by atoms with van der Waals surface area (Å²) in [6.45, 7) is 4.50. The molecule has 0 aromatic heterocycles. The van der Waals surface area contributed by atoms with E-state index in [0.717, 1.165) is 64.2 Å². The molecule has 0 fully saturated rings. The van der Waals surface area contributed by atoms with Gasteiger partial charge in [-0.25, -0.2) is 4.79 Å². The van der Waals surface area contributed by atoms with E-state index in [2.05, 4.69) is 38.2 Å². The number of ether oxygens (including phenoxy) is 3. The zero-order valence-electron chi connectivity index (χ0n) is 32.3. The van der Waals surface area contributed by atoms with Crippen LogP contribution in [0.15, 0.2) is 60.8 Å². The number of likely N-dealkylation sites (N-methyl/N-ethyl adjacent to an activating group) is 1. The van der Waals surface area contributed by atoms with Crippen LogP contribution < -0.4 is 0 Å². The van der Waals surface area contributed by atoms with Gasteiger partial charge in [0.2, 0.25) is 0 Å². The molecule has 1 N–H and O–H groups in total. The van der Waals surface area contributed by atoms with Crippen molar-refractivity contribution in [1.29, 1.82) is 0 Å². The average Bonchev–Trinajstić information content (AvgIpc) is 3.06. The molecule has 50 heavy (non-hydrogen) atoms. The summed E-state index contributed by atoms with van der Waals surface area (Å²) in [5, 5.41) is 9.58. The second-order valence-electron chi connectivity index (χ2n) is 13.9. The van der Waals surface area contributed by atoms with Gasteiger partial charge in [-0.1, -0.05) is 120 Å². The van der Waals surface area contributed by atoms with Crippen molar-refractivity contribution in [1.82, 2.24) is 0 Å². The molecule has 8 heteroatoms. The Kier molecular flexibility index (Phi) is 31.2.